The topological polar surface area (TPSA) is 52.4 Å². The largest absolute Gasteiger partial charge is 0.447 e. The van der Waals surface area contributed by atoms with Crippen molar-refractivity contribution in [1.82, 2.24) is 0 Å². The Morgan fingerprint density at radius 3 is 2.70 bits per heavy atom. The molecule has 0 N–H and O–H groups in total. The van der Waals surface area contributed by atoms with Crippen molar-refractivity contribution < 1.29 is 14.1 Å². The van der Waals surface area contributed by atoms with E-state index in [9.17, 15) is 14.5 Å². The van der Waals surface area contributed by atoms with Crippen molar-refractivity contribution in [3.8, 4) is 11.5 Å². The summed E-state index contributed by atoms with van der Waals surface area (Å²) in [6.07, 6.45) is 0. The van der Waals surface area contributed by atoms with E-state index >= 15 is 0 Å². The van der Waals surface area contributed by atoms with Gasteiger partial charge in [-0.2, -0.15) is 0 Å². The van der Waals surface area contributed by atoms with E-state index in [0.29, 0.717) is 10.4 Å². The van der Waals surface area contributed by atoms with E-state index in [1.165, 1.54) is 12.1 Å². The Morgan fingerprint density at radius 2 is 2.10 bits per heavy atom. The van der Waals surface area contributed by atoms with Gasteiger partial charge in [-0.3, -0.25) is 10.1 Å². The second kappa shape index (κ2) is 6.19. The van der Waals surface area contributed by atoms with Gasteiger partial charge in [-0.15, -0.1) is 11.6 Å². The van der Waals surface area contributed by atoms with Crippen molar-refractivity contribution in [2.75, 3.05) is 0 Å². The van der Waals surface area contributed by atoms with E-state index in [2.05, 4.69) is 15.9 Å². The molecule has 0 aliphatic carbocycles. The fourth-order valence-corrected chi connectivity index (χ4v) is 2.45. The molecule has 0 radical (unpaired) electrons. The predicted octanol–water partition coefficient (Wildman–Crippen LogP) is 5.03. The molecule has 2 aromatic carbocycles. The predicted molar refractivity (Wildman–Crippen MR) is 76.8 cm³/mol. The van der Waals surface area contributed by atoms with E-state index < -0.39 is 22.2 Å². The second-order valence-corrected chi connectivity index (χ2v) is 4.96. The van der Waals surface area contributed by atoms with Gasteiger partial charge < -0.3 is 4.74 Å². The van der Waals surface area contributed by atoms with E-state index in [1.54, 1.807) is 18.2 Å². The van der Waals surface area contributed by atoms with E-state index in [1.807, 2.05) is 0 Å². The molecule has 2 rings (SSSR count). The van der Waals surface area contributed by atoms with Crippen LogP contribution in [0.1, 0.15) is 5.56 Å². The molecule has 0 fully saturated rings. The summed E-state index contributed by atoms with van der Waals surface area (Å²) in [6.45, 7) is 0. The SMILES string of the molecule is O=[N+]([O-])c1cccc(F)c1Oc1ccc(CCl)c(Br)c1. The summed E-state index contributed by atoms with van der Waals surface area (Å²) in [6, 6.07) is 8.38. The van der Waals surface area contributed by atoms with Gasteiger partial charge in [-0.1, -0.05) is 28.1 Å². The number of ether oxygens (including phenoxy) is 1. The van der Waals surface area contributed by atoms with Crippen LogP contribution in [-0.2, 0) is 5.88 Å². The first kappa shape index (κ1) is 14.7. The number of halogens is 3. The Kier molecular flexibility index (Phi) is 4.57. The third kappa shape index (κ3) is 3.08. The third-order valence-electron chi connectivity index (χ3n) is 2.53. The molecule has 104 valence electrons. The van der Waals surface area contributed by atoms with Gasteiger partial charge in [0, 0.05) is 16.4 Å². The summed E-state index contributed by atoms with van der Waals surface area (Å²) < 4.78 is 19.7. The Morgan fingerprint density at radius 1 is 1.35 bits per heavy atom. The van der Waals surface area contributed by atoms with Crippen LogP contribution in [0, 0.1) is 15.9 Å². The Labute approximate surface area is 127 Å². The lowest BCUT2D eigenvalue weighted by atomic mass is 10.2. The smallest absolute Gasteiger partial charge is 0.314 e. The highest BCUT2D eigenvalue weighted by atomic mass is 79.9. The van der Waals surface area contributed by atoms with Crippen LogP contribution in [0.2, 0.25) is 0 Å². The number of benzene rings is 2. The lowest BCUT2D eigenvalue weighted by Gasteiger charge is -2.09. The highest BCUT2D eigenvalue weighted by Gasteiger charge is 2.20. The fourth-order valence-electron chi connectivity index (χ4n) is 1.56. The summed E-state index contributed by atoms with van der Waals surface area (Å²) in [5.41, 5.74) is 0.407. The summed E-state index contributed by atoms with van der Waals surface area (Å²) in [5.74, 6) is -0.625. The van der Waals surface area contributed by atoms with Gasteiger partial charge in [0.15, 0.2) is 5.82 Å². The third-order valence-corrected chi connectivity index (χ3v) is 3.56. The van der Waals surface area contributed by atoms with Crippen LogP contribution in [0.25, 0.3) is 0 Å². The highest BCUT2D eigenvalue weighted by molar-refractivity contribution is 9.10. The Bertz CT molecular complexity index is 666. The number of hydrogen-bond acceptors (Lipinski definition) is 3. The van der Waals surface area contributed by atoms with Crippen molar-refractivity contribution in [3.63, 3.8) is 0 Å². The molecule has 0 aromatic heterocycles. The minimum absolute atomic E-state index is 0.277. The lowest BCUT2D eigenvalue weighted by Crippen LogP contribution is -1.96. The van der Waals surface area contributed by atoms with Gasteiger partial charge in [0.05, 0.1) is 4.92 Å². The summed E-state index contributed by atoms with van der Waals surface area (Å²) in [5, 5.41) is 10.9. The van der Waals surface area contributed by atoms with Gasteiger partial charge in [0.2, 0.25) is 5.75 Å². The molecule has 0 aliphatic rings. The number of nitro groups is 1. The zero-order valence-electron chi connectivity index (χ0n) is 9.98. The maximum absolute atomic E-state index is 13.7. The molecule has 4 nitrogen and oxygen atoms in total. The van der Waals surface area contributed by atoms with Gasteiger partial charge >= 0.3 is 5.69 Å². The number of alkyl halides is 1. The summed E-state index contributed by atoms with van der Waals surface area (Å²) in [4.78, 5) is 10.2. The van der Waals surface area contributed by atoms with Gasteiger partial charge in [0.1, 0.15) is 5.75 Å². The maximum atomic E-state index is 13.7. The molecule has 0 unspecified atom stereocenters. The van der Waals surface area contributed by atoms with Gasteiger partial charge in [-0.25, -0.2) is 4.39 Å². The molecule has 0 atom stereocenters. The van der Waals surface area contributed by atoms with E-state index in [0.717, 1.165) is 11.6 Å². The summed E-state index contributed by atoms with van der Waals surface area (Å²) >= 11 is 9.01. The number of nitro benzene ring substituents is 1. The minimum atomic E-state index is -0.795. The molecule has 2 aromatic rings. The monoisotopic (exact) mass is 359 g/mol. The highest BCUT2D eigenvalue weighted by Crippen LogP contribution is 2.35. The van der Waals surface area contributed by atoms with E-state index in [-0.39, 0.29) is 5.75 Å². The Balaban J connectivity index is 2.39. The molecule has 0 amide bonds. The van der Waals surface area contributed by atoms with Crippen molar-refractivity contribution in [3.05, 3.63) is 62.4 Å². The molecular formula is C13H8BrClFNO3. The van der Waals surface area contributed by atoms with Gasteiger partial charge in [-0.05, 0) is 23.8 Å². The molecule has 0 bridgehead atoms. The fraction of sp³-hybridized carbons (Fsp3) is 0.0769. The molecule has 0 saturated heterocycles. The lowest BCUT2D eigenvalue weighted by molar-refractivity contribution is -0.385. The molecule has 20 heavy (non-hydrogen) atoms. The first-order valence-corrected chi connectivity index (χ1v) is 6.81. The maximum Gasteiger partial charge on any atom is 0.314 e. The van der Waals surface area contributed by atoms with Crippen LogP contribution in [0.15, 0.2) is 40.9 Å². The first-order chi connectivity index (χ1) is 9.52. The molecule has 0 heterocycles. The van der Waals surface area contributed by atoms with Crippen LogP contribution < -0.4 is 4.74 Å². The quantitative estimate of drug-likeness (QED) is 0.436. The molecule has 0 spiro atoms. The number of para-hydroxylation sites is 1. The Hall–Kier alpha value is -1.66. The van der Waals surface area contributed by atoms with Crippen molar-refractivity contribution in [2.45, 2.75) is 5.88 Å². The van der Waals surface area contributed by atoms with Crippen LogP contribution in [-0.4, -0.2) is 4.92 Å². The summed E-state index contributed by atoms with van der Waals surface area (Å²) in [7, 11) is 0. The van der Waals surface area contributed by atoms with Crippen molar-refractivity contribution in [1.29, 1.82) is 0 Å². The van der Waals surface area contributed by atoms with Crippen LogP contribution >= 0.6 is 27.5 Å². The van der Waals surface area contributed by atoms with Gasteiger partial charge in [0.25, 0.3) is 0 Å². The number of rotatable bonds is 4. The van der Waals surface area contributed by atoms with Crippen LogP contribution in [0.3, 0.4) is 0 Å². The first-order valence-electron chi connectivity index (χ1n) is 5.48. The average Bonchev–Trinajstić information content (AvgIpc) is 2.41. The molecule has 0 aliphatic heterocycles. The number of hydrogen-bond donors (Lipinski definition) is 0. The average molecular weight is 361 g/mol. The standard InChI is InChI=1S/C13H8BrClFNO3/c14-10-6-9(5-4-8(10)7-15)20-13-11(16)2-1-3-12(13)17(18)19/h1-6H,7H2. The number of nitrogens with zero attached hydrogens (tertiary/aromatic N) is 1. The van der Waals surface area contributed by atoms with Crippen LogP contribution in [0.4, 0.5) is 10.1 Å². The van der Waals surface area contributed by atoms with Crippen molar-refractivity contribution >= 4 is 33.2 Å². The normalized spacial score (nSPS) is 10.3. The zero-order valence-corrected chi connectivity index (χ0v) is 12.3. The molecular weight excluding hydrogens is 353 g/mol. The second-order valence-electron chi connectivity index (χ2n) is 3.83. The van der Waals surface area contributed by atoms with Crippen LogP contribution in [0.5, 0.6) is 11.5 Å². The minimum Gasteiger partial charge on any atom is -0.447 e. The zero-order chi connectivity index (χ0) is 14.7. The van der Waals surface area contributed by atoms with Crippen molar-refractivity contribution in [2.24, 2.45) is 0 Å². The molecule has 7 heteroatoms. The van der Waals surface area contributed by atoms with E-state index in [4.69, 9.17) is 16.3 Å². The molecule has 0 saturated carbocycles.